The van der Waals surface area contributed by atoms with Gasteiger partial charge in [-0.15, -0.1) is 0 Å². The molecule has 22 aromatic carbocycles. The first-order valence-corrected chi connectivity index (χ1v) is 52.5. The Morgan fingerprint density at radius 2 is 0.480 bits per heavy atom. The van der Waals surface area contributed by atoms with E-state index < -0.39 is 0 Å². The second-order valence-corrected chi connectivity index (χ2v) is 39.9. The first kappa shape index (κ1) is 91.4. The third-order valence-corrected chi connectivity index (χ3v) is 31.7. The van der Waals surface area contributed by atoms with Gasteiger partial charge in [-0.1, -0.05) is 421 Å². The third kappa shape index (κ3) is 16.3. The SMILES string of the molecule is CC1(c2ccccc2)c2ccccc2N(c2ccc(-c3ccccc3)cc2)c2ccccc21.CCC1(c2ccccc2)c2ccccc2N(c2ccc(-c3ccccc3)cc2)c2ccccc21.c1ccc(-c2ccc(N3c4ccccc4C4(CCCCC4)c4cc(-c5ccc6oc7ccccc7c6c5)ccc43)cc2)cc1.c1ccc(-c2ccc(N3c4ccccc4Oc4cc(-c5ccc6oc7ccccc7c6c5)ccc43)cc2)cc1. The van der Waals surface area contributed by atoms with Crippen LogP contribution in [0.5, 0.6) is 11.5 Å². The van der Waals surface area contributed by atoms with Gasteiger partial charge in [-0.05, 0) is 289 Å². The fraction of sp³-hybridized carbons (Fsp3) is 0.0769. The van der Waals surface area contributed by atoms with Crippen molar-refractivity contribution in [3.8, 4) is 78.3 Å². The van der Waals surface area contributed by atoms with E-state index in [0.717, 1.165) is 79.2 Å². The molecule has 718 valence electrons. The molecule has 0 N–H and O–H groups in total. The molecule has 4 aliphatic heterocycles. The van der Waals surface area contributed by atoms with Gasteiger partial charge in [-0.2, -0.15) is 0 Å². The van der Waals surface area contributed by atoms with Gasteiger partial charge in [0, 0.05) is 60.5 Å². The lowest BCUT2D eigenvalue weighted by Crippen LogP contribution is -2.37. The zero-order valence-electron chi connectivity index (χ0n) is 83.7. The van der Waals surface area contributed by atoms with Crippen molar-refractivity contribution < 1.29 is 13.6 Å². The summed E-state index contributed by atoms with van der Waals surface area (Å²) in [5.41, 5.74) is 43.0. The van der Waals surface area contributed by atoms with Crippen molar-refractivity contribution in [3.05, 3.63) is 590 Å². The summed E-state index contributed by atoms with van der Waals surface area (Å²) in [6.45, 7) is 4.67. The Morgan fingerprint density at radius 3 is 0.900 bits per heavy atom. The zero-order chi connectivity index (χ0) is 100. The molecule has 150 heavy (non-hydrogen) atoms. The molecule has 1 fully saturated rings. The van der Waals surface area contributed by atoms with Crippen molar-refractivity contribution in [2.45, 2.75) is 68.6 Å². The minimum Gasteiger partial charge on any atom is -0.456 e. The number of anilines is 12. The molecule has 1 aliphatic carbocycles. The van der Waals surface area contributed by atoms with Crippen molar-refractivity contribution >= 4 is 112 Å². The molecule has 0 unspecified atom stereocenters. The highest BCUT2D eigenvalue weighted by Gasteiger charge is 2.47. The van der Waals surface area contributed by atoms with Crippen molar-refractivity contribution in [3.63, 3.8) is 0 Å². The maximum Gasteiger partial charge on any atom is 0.152 e. The predicted molar refractivity (Wildman–Crippen MR) is 624 cm³/mol. The van der Waals surface area contributed by atoms with Gasteiger partial charge < -0.3 is 33.2 Å². The van der Waals surface area contributed by atoms with Gasteiger partial charge in [0.15, 0.2) is 11.5 Å². The normalized spacial score (nSPS) is 13.9. The molecule has 1 spiro atoms. The summed E-state index contributed by atoms with van der Waals surface area (Å²) in [7, 11) is 0. The van der Waals surface area contributed by atoms with E-state index in [4.69, 9.17) is 13.6 Å². The van der Waals surface area contributed by atoms with Gasteiger partial charge >= 0.3 is 0 Å². The van der Waals surface area contributed by atoms with Crippen LogP contribution in [0.1, 0.15) is 96.9 Å². The maximum atomic E-state index is 6.47. The van der Waals surface area contributed by atoms with Gasteiger partial charge in [0.1, 0.15) is 22.3 Å². The van der Waals surface area contributed by atoms with Crippen LogP contribution in [-0.2, 0) is 16.2 Å². The van der Waals surface area contributed by atoms with Crippen molar-refractivity contribution in [1.82, 2.24) is 0 Å². The third-order valence-electron chi connectivity index (χ3n) is 31.7. The minimum absolute atomic E-state index is 0.0209. The number of fused-ring (bicyclic) bond motifs is 16. The van der Waals surface area contributed by atoms with Gasteiger partial charge in [0.05, 0.1) is 45.5 Å². The fourth-order valence-electron chi connectivity index (χ4n) is 24.4. The molecular weight excluding hydrogens is 1820 g/mol. The summed E-state index contributed by atoms with van der Waals surface area (Å²) in [6, 6.07) is 196. The van der Waals surface area contributed by atoms with Crippen LogP contribution in [-0.4, -0.2) is 0 Å². The van der Waals surface area contributed by atoms with Gasteiger partial charge in [-0.3, -0.25) is 0 Å². The van der Waals surface area contributed by atoms with Crippen LogP contribution in [0.15, 0.2) is 555 Å². The second-order valence-electron chi connectivity index (χ2n) is 39.9. The molecule has 0 amide bonds. The van der Waals surface area contributed by atoms with Crippen molar-refractivity contribution in [2.75, 3.05) is 19.6 Å². The number of ether oxygens (including phenoxy) is 1. The number of rotatable bonds is 13. The number of para-hydroxylation sites is 9. The van der Waals surface area contributed by atoms with E-state index >= 15 is 0 Å². The summed E-state index contributed by atoms with van der Waals surface area (Å²) in [6.07, 6.45) is 7.20. The summed E-state index contributed by atoms with van der Waals surface area (Å²) >= 11 is 0. The highest BCUT2D eigenvalue weighted by atomic mass is 16.5. The minimum atomic E-state index is -0.227. The largest absolute Gasteiger partial charge is 0.456 e. The van der Waals surface area contributed by atoms with E-state index in [1.807, 2.05) is 36.4 Å². The number of nitrogens with zero attached hydrogens (tertiary/aromatic N) is 4. The maximum absolute atomic E-state index is 6.47. The number of furan rings is 2. The first-order chi connectivity index (χ1) is 74.2. The Labute approximate surface area is 876 Å². The monoisotopic (exact) mass is 1930 g/mol. The van der Waals surface area contributed by atoms with Gasteiger partial charge in [0.2, 0.25) is 0 Å². The molecule has 5 aliphatic rings. The molecule has 6 heterocycles. The molecule has 1 saturated carbocycles. The van der Waals surface area contributed by atoms with Crippen LogP contribution < -0.4 is 24.3 Å². The van der Waals surface area contributed by atoms with E-state index in [-0.39, 0.29) is 16.2 Å². The lowest BCUT2D eigenvalue weighted by molar-refractivity contribution is 0.344. The molecule has 24 aromatic rings. The van der Waals surface area contributed by atoms with E-state index in [1.54, 1.807) is 0 Å². The molecule has 29 rings (SSSR count). The fourth-order valence-corrected chi connectivity index (χ4v) is 24.4. The Morgan fingerprint density at radius 1 is 0.200 bits per heavy atom. The number of hydrogen-bond donors (Lipinski definition) is 0. The average Bonchev–Trinajstić information content (AvgIpc) is 0.827. The topological polar surface area (TPSA) is 48.5 Å². The van der Waals surface area contributed by atoms with Gasteiger partial charge in [-0.25, -0.2) is 0 Å². The first-order valence-electron chi connectivity index (χ1n) is 52.5. The summed E-state index contributed by atoms with van der Waals surface area (Å²) < 4.78 is 18.7. The smallest absolute Gasteiger partial charge is 0.152 e. The zero-order valence-corrected chi connectivity index (χ0v) is 83.7. The second kappa shape index (κ2) is 39.1. The Hall–Kier alpha value is -18.6. The van der Waals surface area contributed by atoms with E-state index in [9.17, 15) is 0 Å². The van der Waals surface area contributed by atoms with Gasteiger partial charge in [0.25, 0.3) is 0 Å². The molecule has 0 saturated heterocycles. The number of benzene rings is 22. The summed E-state index contributed by atoms with van der Waals surface area (Å²) in [5, 5.41) is 4.59. The van der Waals surface area contributed by atoms with Crippen molar-refractivity contribution in [1.29, 1.82) is 0 Å². The Bertz CT molecular complexity index is 8960. The lowest BCUT2D eigenvalue weighted by atomic mass is 9.62. The molecule has 0 radical (unpaired) electrons. The standard InChI is InChI=1S/C42H33NO.C36H23NO2.C33H27N.C32H25N/c1-3-11-29(12-4-1)30-17-21-33(22-18-30)43-38-15-7-6-14-36(38)42(25-9-2-10-26-42)37-28-32(19-23-39(37)43)31-20-24-41-35(27-31)34-13-5-8-16-40(34)44-41;1-2-8-24(9-3-1)25-14-18-28(19-15-25)37-31-11-5-7-13-35(31)39-36-23-27(16-20-32(36)37)26-17-21-34-30(22-26)29-10-4-6-12-33(29)38-34;1-2-33(27-15-7-4-8-16-27)29-17-9-11-19-31(29)34(32-20-12-10-18-30(32)33)28-23-21-26(22-24-28)25-13-5-3-6-14-25;1-32(26-14-6-3-7-15-26)28-16-8-10-18-30(28)33(31-19-11-9-17-29(31)32)27-22-20-25(21-23-27)24-12-4-2-5-13-24/h1,3-8,11-24,27-28H,2,9-10,25-26H2;1-23H;3-24H,2H2,1H3;2-23H,1H3. The number of hydrogen-bond acceptors (Lipinski definition) is 7. The van der Waals surface area contributed by atoms with Crippen molar-refractivity contribution in [2.24, 2.45) is 0 Å². The lowest BCUT2D eigenvalue weighted by Gasteiger charge is -2.47. The van der Waals surface area contributed by atoms with E-state index in [1.165, 1.54) is 194 Å². The highest BCUT2D eigenvalue weighted by Crippen LogP contribution is 2.62. The van der Waals surface area contributed by atoms with Crippen LogP contribution in [0, 0.1) is 0 Å². The molecule has 7 nitrogen and oxygen atoms in total. The average molecular weight is 1930 g/mol. The van der Waals surface area contributed by atoms with Crippen LogP contribution in [0.25, 0.3) is 111 Å². The molecule has 0 atom stereocenters. The van der Waals surface area contributed by atoms with E-state index in [0.29, 0.717) is 0 Å². The quantitative estimate of drug-likeness (QED) is 0.114. The summed E-state index contributed by atoms with van der Waals surface area (Å²) in [5.74, 6) is 1.67. The Balaban J connectivity index is 0.000000101. The summed E-state index contributed by atoms with van der Waals surface area (Å²) in [4.78, 5) is 9.61. The highest BCUT2D eigenvalue weighted by molar-refractivity contribution is 6.08. The molecule has 0 bridgehead atoms. The van der Waals surface area contributed by atoms with Crippen LogP contribution in [0.2, 0.25) is 0 Å². The molecular formula is C143H108N4O3. The molecule has 2 aromatic heterocycles. The Kier molecular flexibility index (Phi) is 23.8. The molecule has 7 heteroatoms. The predicted octanol–water partition coefficient (Wildman–Crippen LogP) is 39.8. The van der Waals surface area contributed by atoms with Crippen LogP contribution >= 0.6 is 0 Å². The van der Waals surface area contributed by atoms with Crippen LogP contribution in [0.4, 0.5) is 68.2 Å². The van der Waals surface area contributed by atoms with E-state index in [2.05, 4.69) is 543 Å². The van der Waals surface area contributed by atoms with Crippen LogP contribution in [0.3, 0.4) is 0 Å².